The molecule has 0 unspecified atom stereocenters. The van der Waals surface area contributed by atoms with Gasteiger partial charge in [-0.05, 0) is 86.6 Å². The van der Waals surface area contributed by atoms with E-state index in [4.69, 9.17) is 4.74 Å². The molecular formula is C36H37BrF2N6O2. The number of aromatic nitrogens is 4. The number of fused-ring (bicyclic) bond motifs is 2. The number of aromatic hydroxyl groups is 1. The first-order valence-electron chi connectivity index (χ1n) is 14.9. The number of phenols is 1. The van der Waals surface area contributed by atoms with Gasteiger partial charge in [0.05, 0.1) is 17.7 Å². The average molecular weight is 704 g/mol. The Morgan fingerprint density at radius 3 is 1.49 bits per heavy atom. The first kappa shape index (κ1) is 35.0. The fourth-order valence-electron chi connectivity index (χ4n) is 4.70. The third-order valence-electron chi connectivity index (χ3n) is 6.90. The van der Waals surface area contributed by atoms with Crippen LogP contribution in [0.5, 0.6) is 11.5 Å². The first-order valence-corrected chi connectivity index (χ1v) is 16.0. The number of alkyl halides is 3. The molecule has 6 aromatic rings. The predicted molar refractivity (Wildman–Crippen MR) is 190 cm³/mol. The van der Waals surface area contributed by atoms with Crippen molar-refractivity contribution in [2.45, 2.75) is 13.8 Å². The second kappa shape index (κ2) is 17.1. The van der Waals surface area contributed by atoms with Crippen LogP contribution in [0.4, 0.5) is 31.8 Å². The summed E-state index contributed by atoms with van der Waals surface area (Å²) in [4.78, 5) is 22.1. The third kappa shape index (κ3) is 9.32. The Morgan fingerprint density at radius 1 is 0.638 bits per heavy atom. The zero-order valence-electron chi connectivity index (χ0n) is 26.7. The van der Waals surface area contributed by atoms with E-state index in [1.807, 2.05) is 123 Å². The minimum Gasteiger partial charge on any atom is -0.508 e. The molecule has 11 heteroatoms. The lowest BCUT2D eigenvalue weighted by atomic mass is 10.2. The largest absolute Gasteiger partial charge is 0.508 e. The molecule has 0 saturated heterocycles. The van der Waals surface area contributed by atoms with Gasteiger partial charge in [0.25, 0.3) is 0 Å². The molecule has 244 valence electrons. The minimum absolute atomic E-state index is 0.0743. The highest BCUT2D eigenvalue weighted by Gasteiger charge is 2.13. The van der Waals surface area contributed by atoms with E-state index in [0.717, 1.165) is 56.5 Å². The van der Waals surface area contributed by atoms with Gasteiger partial charge in [-0.3, -0.25) is 4.39 Å². The predicted octanol–water partition coefficient (Wildman–Crippen LogP) is 8.82. The summed E-state index contributed by atoms with van der Waals surface area (Å²) in [7, 11) is 3.92. The third-order valence-corrected chi connectivity index (χ3v) is 7.20. The number of hydrogen-bond donors (Lipinski definition) is 1. The summed E-state index contributed by atoms with van der Waals surface area (Å²) in [5.74, 6) is 4.09. The lowest BCUT2D eigenvalue weighted by Gasteiger charge is -2.20. The van der Waals surface area contributed by atoms with E-state index >= 15 is 0 Å². The SMILES string of the molecule is Cc1nc(N(C)c2ccc(O)cc2)c2ccccc2n1.Cc1nc(N(C)c2ccc(OCCF)cc2)c2ccccc2n1.FCCBr. The number of nitrogens with zero attached hydrogens (tertiary/aromatic N) is 6. The molecule has 6 rings (SSSR count). The maximum absolute atomic E-state index is 12.1. The summed E-state index contributed by atoms with van der Waals surface area (Å²) in [5, 5.41) is 11.9. The van der Waals surface area contributed by atoms with Crippen LogP contribution in [-0.2, 0) is 0 Å². The van der Waals surface area contributed by atoms with Crippen molar-refractivity contribution < 1.29 is 18.6 Å². The Morgan fingerprint density at radius 2 is 1.06 bits per heavy atom. The number of ether oxygens (including phenoxy) is 1. The van der Waals surface area contributed by atoms with Gasteiger partial charge in [0, 0.05) is 41.6 Å². The smallest absolute Gasteiger partial charge is 0.144 e. The Kier molecular flexibility index (Phi) is 12.7. The van der Waals surface area contributed by atoms with Crippen LogP contribution in [0, 0.1) is 13.8 Å². The lowest BCUT2D eigenvalue weighted by Crippen LogP contribution is -2.13. The zero-order valence-corrected chi connectivity index (χ0v) is 28.3. The summed E-state index contributed by atoms with van der Waals surface area (Å²) < 4.78 is 28.1. The molecule has 0 aliphatic carbocycles. The van der Waals surface area contributed by atoms with Gasteiger partial charge >= 0.3 is 0 Å². The maximum atomic E-state index is 12.1. The molecule has 0 saturated carbocycles. The van der Waals surface area contributed by atoms with E-state index in [0.29, 0.717) is 11.1 Å². The highest BCUT2D eigenvalue weighted by Crippen LogP contribution is 2.31. The van der Waals surface area contributed by atoms with Crippen molar-refractivity contribution in [3.8, 4) is 11.5 Å². The van der Waals surface area contributed by atoms with Crippen LogP contribution in [0.15, 0.2) is 97.1 Å². The van der Waals surface area contributed by atoms with Crippen LogP contribution in [0.1, 0.15) is 11.6 Å². The molecule has 47 heavy (non-hydrogen) atoms. The Hall–Kier alpha value is -4.90. The standard InChI is InChI=1S/C18H18FN3O.C16H15N3O.C2H4BrF/c1-13-20-17-6-4-3-5-16(17)18(21-13)22(2)14-7-9-15(10-8-14)23-12-11-19;1-11-17-15-6-4-3-5-14(15)16(18-11)19(2)12-7-9-13(20)10-8-12;3-1-2-4/h3-10H,11-12H2,1-2H3;3-10,20H,1-2H3;1-2H2. The van der Waals surface area contributed by atoms with Crippen molar-refractivity contribution in [2.24, 2.45) is 0 Å². The van der Waals surface area contributed by atoms with Gasteiger partial charge in [0.2, 0.25) is 0 Å². The fourth-order valence-corrected chi connectivity index (χ4v) is 4.70. The van der Waals surface area contributed by atoms with Crippen molar-refractivity contribution in [1.82, 2.24) is 19.9 Å². The summed E-state index contributed by atoms with van der Waals surface area (Å²) in [6, 6.07) is 30.5. The number of halogens is 3. The van der Waals surface area contributed by atoms with Crippen LogP contribution in [0.3, 0.4) is 0 Å². The topological polar surface area (TPSA) is 87.5 Å². The molecule has 0 amide bonds. The van der Waals surface area contributed by atoms with Gasteiger partial charge in [0.1, 0.15) is 48.1 Å². The van der Waals surface area contributed by atoms with E-state index in [1.54, 1.807) is 12.1 Å². The Labute approximate surface area is 281 Å². The van der Waals surface area contributed by atoms with Crippen LogP contribution < -0.4 is 14.5 Å². The maximum Gasteiger partial charge on any atom is 0.144 e. The number of aryl methyl sites for hydroxylation is 2. The number of benzene rings is 4. The van der Waals surface area contributed by atoms with E-state index in [-0.39, 0.29) is 19.0 Å². The van der Waals surface area contributed by atoms with Crippen molar-refractivity contribution in [3.05, 3.63) is 109 Å². The van der Waals surface area contributed by atoms with Gasteiger partial charge in [0.15, 0.2) is 0 Å². The van der Waals surface area contributed by atoms with Crippen LogP contribution >= 0.6 is 15.9 Å². The molecule has 0 spiro atoms. The highest BCUT2D eigenvalue weighted by atomic mass is 79.9. The number of phenolic OH excluding ortho intramolecular Hbond substituents is 1. The van der Waals surface area contributed by atoms with E-state index < -0.39 is 6.67 Å². The van der Waals surface area contributed by atoms with Crippen molar-refractivity contribution in [2.75, 3.05) is 49.2 Å². The number of para-hydroxylation sites is 2. The summed E-state index contributed by atoms with van der Waals surface area (Å²) in [6.07, 6.45) is 0. The zero-order chi connectivity index (χ0) is 33.8. The minimum atomic E-state index is -0.492. The normalized spacial score (nSPS) is 10.4. The summed E-state index contributed by atoms with van der Waals surface area (Å²) in [5.41, 5.74) is 3.79. The van der Waals surface area contributed by atoms with E-state index in [2.05, 4.69) is 35.9 Å². The molecule has 0 aliphatic heterocycles. The van der Waals surface area contributed by atoms with Gasteiger partial charge in [-0.15, -0.1) is 0 Å². The quantitative estimate of drug-likeness (QED) is 0.158. The Bertz CT molecular complexity index is 1880. The van der Waals surface area contributed by atoms with Crippen molar-refractivity contribution in [1.29, 1.82) is 0 Å². The van der Waals surface area contributed by atoms with Gasteiger partial charge < -0.3 is 19.6 Å². The van der Waals surface area contributed by atoms with Crippen LogP contribution in [-0.4, -0.2) is 64.4 Å². The van der Waals surface area contributed by atoms with E-state index in [1.165, 1.54) is 0 Å². The van der Waals surface area contributed by atoms with Gasteiger partial charge in [-0.25, -0.2) is 24.3 Å². The number of hydrogen-bond acceptors (Lipinski definition) is 8. The molecule has 0 aliphatic rings. The summed E-state index contributed by atoms with van der Waals surface area (Å²) in [6.45, 7) is 3.09. The molecule has 8 nitrogen and oxygen atoms in total. The second-order valence-corrected chi connectivity index (χ2v) is 11.1. The number of anilines is 4. The van der Waals surface area contributed by atoms with Crippen molar-refractivity contribution >= 4 is 60.7 Å². The molecule has 0 fully saturated rings. The molecule has 2 heterocycles. The molecule has 2 aromatic heterocycles. The van der Waals surface area contributed by atoms with Gasteiger partial charge in [-0.2, -0.15) is 0 Å². The molecule has 0 bridgehead atoms. The molecule has 4 aromatic carbocycles. The molecule has 1 N–H and O–H groups in total. The fraction of sp³-hybridized carbons (Fsp3) is 0.222. The average Bonchev–Trinajstić information content (AvgIpc) is 3.10. The van der Waals surface area contributed by atoms with Crippen molar-refractivity contribution in [3.63, 3.8) is 0 Å². The Balaban J connectivity index is 0.000000193. The summed E-state index contributed by atoms with van der Waals surface area (Å²) >= 11 is 2.87. The first-order chi connectivity index (χ1) is 22.7. The molecular weight excluding hydrogens is 666 g/mol. The second-order valence-electron chi connectivity index (χ2n) is 10.3. The van der Waals surface area contributed by atoms with Crippen LogP contribution in [0.2, 0.25) is 0 Å². The molecule has 0 atom stereocenters. The van der Waals surface area contributed by atoms with Gasteiger partial charge in [-0.1, -0.05) is 40.2 Å². The number of rotatable bonds is 8. The lowest BCUT2D eigenvalue weighted by molar-refractivity contribution is 0.273. The van der Waals surface area contributed by atoms with E-state index in [9.17, 15) is 13.9 Å². The van der Waals surface area contributed by atoms with Crippen LogP contribution in [0.25, 0.3) is 21.8 Å². The highest BCUT2D eigenvalue weighted by molar-refractivity contribution is 9.09. The monoisotopic (exact) mass is 702 g/mol. The molecule has 0 radical (unpaired) electrons.